The van der Waals surface area contributed by atoms with E-state index in [0.29, 0.717) is 36.3 Å². The summed E-state index contributed by atoms with van der Waals surface area (Å²) in [6.07, 6.45) is 5.33. The van der Waals surface area contributed by atoms with E-state index in [1.54, 1.807) is 12.1 Å². The quantitative estimate of drug-likeness (QED) is 0.747. The van der Waals surface area contributed by atoms with E-state index in [1.807, 2.05) is 6.07 Å². The maximum atomic E-state index is 13.8. The molecule has 2 heterocycles. The molecule has 0 N–H and O–H groups in total. The zero-order valence-corrected chi connectivity index (χ0v) is 15.1. The fraction of sp³-hybridized carbons (Fsp3) is 0.435. The number of ketones is 1. The lowest BCUT2D eigenvalue weighted by Crippen LogP contribution is -2.44. The molecule has 2 fully saturated rings. The Hall–Kier alpha value is -2.00. The van der Waals surface area contributed by atoms with Gasteiger partial charge in [-0.2, -0.15) is 0 Å². The van der Waals surface area contributed by atoms with Crippen LogP contribution in [0.15, 0.2) is 54.6 Å². The van der Waals surface area contributed by atoms with Crippen molar-refractivity contribution in [3.8, 4) is 0 Å². The summed E-state index contributed by atoms with van der Waals surface area (Å²) in [6, 6.07) is 18.5. The highest BCUT2D eigenvalue weighted by Crippen LogP contribution is 2.40. The minimum absolute atomic E-state index is 0.159. The van der Waals surface area contributed by atoms with Crippen molar-refractivity contribution < 1.29 is 9.18 Å². The molecule has 2 saturated heterocycles. The Morgan fingerprint density at radius 1 is 0.962 bits per heavy atom. The average Bonchev–Trinajstić information content (AvgIpc) is 2.89. The molecule has 2 aliphatic heterocycles. The van der Waals surface area contributed by atoms with E-state index in [-0.39, 0.29) is 11.7 Å². The van der Waals surface area contributed by atoms with Gasteiger partial charge in [0, 0.05) is 31.0 Å². The molecule has 0 amide bonds. The first-order chi connectivity index (χ1) is 12.7. The van der Waals surface area contributed by atoms with Crippen LogP contribution in [0.4, 0.5) is 4.39 Å². The third-order valence-corrected chi connectivity index (χ3v) is 6.15. The Morgan fingerprint density at radius 2 is 1.62 bits per heavy atom. The van der Waals surface area contributed by atoms with Crippen LogP contribution in [0, 0.1) is 11.7 Å². The second-order valence-electron chi connectivity index (χ2n) is 7.77. The first-order valence-corrected chi connectivity index (χ1v) is 9.76. The number of rotatable bonds is 6. The molecule has 2 aromatic carbocycles. The first-order valence-electron chi connectivity index (χ1n) is 9.76. The molecular formula is C23H26FNO. The van der Waals surface area contributed by atoms with Crippen molar-refractivity contribution in [1.82, 2.24) is 4.90 Å². The van der Waals surface area contributed by atoms with Crippen LogP contribution in [0.1, 0.15) is 43.2 Å². The molecule has 2 atom stereocenters. The van der Waals surface area contributed by atoms with Crippen LogP contribution < -0.4 is 0 Å². The standard InChI is InChI=1S/C23H26FNO/c24-22-9-5-4-8-18(22)10-13-23(26)19-14-20-11-12-21(15-19)25(20)16-17-6-2-1-3-7-17/h1-9,19-21H,10-16H2. The van der Waals surface area contributed by atoms with E-state index in [0.717, 1.165) is 19.4 Å². The van der Waals surface area contributed by atoms with Gasteiger partial charge in [0.15, 0.2) is 0 Å². The van der Waals surface area contributed by atoms with Gasteiger partial charge in [-0.05, 0) is 49.3 Å². The zero-order chi connectivity index (χ0) is 17.9. The van der Waals surface area contributed by atoms with Crippen LogP contribution >= 0.6 is 0 Å². The second-order valence-corrected chi connectivity index (χ2v) is 7.77. The maximum Gasteiger partial charge on any atom is 0.136 e. The summed E-state index contributed by atoms with van der Waals surface area (Å²) in [5.74, 6) is 0.286. The highest BCUT2D eigenvalue weighted by molar-refractivity contribution is 5.81. The molecular weight excluding hydrogens is 325 g/mol. The van der Waals surface area contributed by atoms with Crippen LogP contribution in [-0.4, -0.2) is 22.8 Å². The molecule has 0 saturated carbocycles. The number of aryl methyl sites for hydroxylation is 1. The molecule has 26 heavy (non-hydrogen) atoms. The lowest BCUT2D eigenvalue weighted by molar-refractivity contribution is -0.125. The number of benzene rings is 2. The van der Waals surface area contributed by atoms with E-state index in [9.17, 15) is 9.18 Å². The number of Topliss-reactive ketones (excluding diaryl/α,β-unsaturated/α-hetero) is 1. The smallest absolute Gasteiger partial charge is 0.136 e. The molecule has 0 spiro atoms. The van der Waals surface area contributed by atoms with E-state index in [4.69, 9.17) is 0 Å². The molecule has 0 radical (unpaired) electrons. The third kappa shape index (κ3) is 3.73. The summed E-state index contributed by atoms with van der Waals surface area (Å²) in [5, 5.41) is 0. The van der Waals surface area contributed by atoms with Gasteiger partial charge in [-0.25, -0.2) is 4.39 Å². The van der Waals surface area contributed by atoms with Crippen molar-refractivity contribution in [3.63, 3.8) is 0 Å². The summed E-state index contributed by atoms with van der Waals surface area (Å²) in [4.78, 5) is 15.3. The molecule has 136 valence electrons. The maximum absolute atomic E-state index is 13.8. The Balaban J connectivity index is 1.34. The number of fused-ring (bicyclic) bond motifs is 2. The molecule has 0 aromatic heterocycles. The van der Waals surface area contributed by atoms with Crippen LogP contribution in [0.5, 0.6) is 0 Å². The van der Waals surface area contributed by atoms with E-state index in [1.165, 1.54) is 24.5 Å². The average molecular weight is 351 g/mol. The topological polar surface area (TPSA) is 20.3 Å². The van der Waals surface area contributed by atoms with Gasteiger partial charge >= 0.3 is 0 Å². The Kier molecular flexibility index (Phi) is 5.16. The lowest BCUT2D eigenvalue weighted by Gasteiger charge is -2.38. The Labute approximate surface area is 155 Å². The zero-order valence-electron chi connectivity index (χ0n) is 15.1. The van der Waals surface area contributed by atoms with Crippen molar-refractivity contribution in [2.45, 2.75) is 57.2 Å². The van der Waals surface area contributed by atoms with Gasteiger partial charge in [0.05, 0.1) is 0 Å². The Bertz CT molecular complexity index is 746. The summed E-state index contributed by atoms with van der Waals surface area (Å²) in [5.41, 5.74) is 2.01. The number of hydrogen-bond donors (Lipinski definition) is 0. The first kappa shape index (κ1) is 17.4. The van der Waals surface area contributed by atoms with Crippen molar-refractivity contribution in [3.05, 3.63) is 71.5 Å². The van der Waals surface area contributed by atoms with Crippen molar-refractivity contribution in [2.75, 3.05) is 0 Å². The molecule has 3 heteroatoms. The van der Waals surface area contributed by atoms with Gasteiger partial charge in [0.2, 0.25) is 0 Å². The second kappa shape index (κ2) is 7.71. The SMILES string of the molecule is O=C(CCc1ccccc1F)C1CC2CCC(C1)N2Cc1ccccc1. The van der Waals surface area contributed by atoms with Crippen molar-refractivity contribution in [2.24, 2.45) is 5.92 Å². The van der Waals surface area contributed by atoms with Crippen LogP contribution in [0.2, 0.25) is 0 Å². The van der Waals surface area contributed by atoms with Gasteiger partial charge in [0.1, 0.15) is 11.6 Å². The van der Waals surface area contributed by atoms with Crippen molar-refractivity contribution in [1.29, 1.82) is 0 Å². The van der Waals surface area contributed by atoms with Gasteiger partial charge < -0.3 is 0 Å². The fourth-order valence-electron chi connectivity index (χ4n) is 4.75. The van der Waals surface area contributed by atoms with Crippen LogP contribution in [-0.2, 0) is 17.8 Å². The number of hydrogen-bond acceptors (Lipinski definition) is 2. The molecule has 0 aliphatic carbocycles. The Morgan fingerprint density at radius 3 is 2.31 bits per heavy atom. The third-order valence-electron chi connectivity index (χ3n) is 6.15. The van der Waals surface area contributed by atoms with E-state index >= 15 is 0 Å². The monoisotopic (exact) mass is 351 g/mol. The predicted molar refractivity (Wildman–Crippen MR) is 101 cm³/mol. The summed E-state index contributed by atoms with van der Waals surface area (Å²) >= 11 is 0. The molecule has 2 unspecified atom stereocenters. The lowest BCUT2D eigenvalue weighted by atomic mass is 9.85. The normalized spacial score (nSPS) is 25.3. The fourth-order valence-corrected chi connectivity index (χ4v) is 4.75. The molecule has 2 aromatic rings. The largest absolute Gasteiger partial charge is 0.299 e. The van der Waals surface area contributed by atoms with Crippen molar-refractivity contribution >= 4 is 5.78 Å². The minimum Gasteiger partial charge on any atom is -0.299 e. The molecule has 2 nitrogen and oxygen atoms in total. The minimum atomic E-state index is -0.196. The summed E-state index contributed by atoms with van der Waals surface area (Å²) < 4.78 is 13.8. The number of nitrogens with zero attached hydrogens (tertiary/aromatic N) is 1. The number of carbonyl (C=O) groups is 1. The molecule has 2 bridgehead atoms. The van der Waals surface area contributed by atoms with Gasteiger partial charge in [0.25, 0.3) is 0 Å². The van der Waals surface area contributed by atoms with Gasteiger partial charge in [-0.15, -0.1) is 0 Å². The highest BCUT2D eigenvalue weighted by Gasteiger charge is 2.42. The number of halogens is 1. The van der Waals surface area contributed by atoms with E-state index < -0.39 is 0 Å². The molecule has 2 aliphatic rings. The van der Waals surface area contributed by atoms with Crippen LogP contribution in [0.25, 0.3) is 0 Å². The number of carbonyl (C=O) groups excluding carboxylic acids is 1. The summed E-state index contributed by atoms with van der Waals surface area (Å²) in [6.45, 7) is 0.992. The predicted octanol–water partition coefficient (Wildman–Crippen LogP) is 4.77. The van der Waals surface area contributed by atoms with E-state index in [2.05, 4.69) is 35.2 Å². The van der Waals surface area contributed by atoms with Gasteiger partial charge in [-0.1, -0.05) is 48.5 Å². The highest BCUT2D eigenvalue weighted by atomic mass is 19.1. The summed E-state index contributed by atoms with van der Waals surface area (Å²) in [7, 11) is 0. The van der Waals surface area contributed by atoms with Crippen LogP contribution in [0.3, 0.4) is 0 Å². The van der Waals surface area contributed by atoms with Gasteiger partial charge in [-0.3, -0.25) is 9.69 Å². The molecule has 4 rings (SSSR count). The number of piperidine rings is 1.